The summed E-state index contributed by atoms with van der Waals surface area (Å²) in [6, 6.07) is 0. The fourth-order valence-corrected chi connectivity index (χ4v) is 5.11. The number of primary amides is 1. The van der Waals surface area contributed by atoms with E-state index < -0.39 is 44.2 Å². The minimum absolute atomic E-state index is 0.117. The summed E-state index contributed by atoms with van der Waals surface area (Å²) in [6.45, 7) is -0.428. The first kappa shape index (κ1) is 15.1. The van der Waals surface area contributed by atoms with Gasteiger partial charge in [-0.1, -0.05) is 7.53 Å². The number of carbonyl (C=O) groups excluding carboxylic acids is 1. The molecule has 1 fully saturated rings. The number of rotatable bonds is 3. The molecule has 1 aliphatic heterocycles. The van der Waals surface area contributed by atoms with Crippen LogP contribution in [-0.2, 0) is 4.74 Å². The standard InChI is InChI=1S/C12H15N4O5P/c13-9-6-4(10(14)20)2-22(11(6)16-3-15-9)12-8(19)7(18)5(1-17)21-12/h2-3,5,7-8,12,17-19H,1H2,(H2,14,20)(H2,13,15,16). The number of nitrogens with zero attached hydrogens (tertiary/aromatic N) is 2. The van der Waals surface area contributed by atoms with Crippen LogP contribution in [0.5, 0.6) is 0 Å². The van der Waals surface area contributed by atoms with Crippen molar-refractivity contribution in [2.45, 2.75) is 24.2 Å². The zero-order valence-corrected chi connectivity index (χ0v) is 12.2. The maximum atomic E-state index is 11.6. The van der Waals surface area contributed by atoms with E-state index >= 15 is 0 Å². The molecule has 2 aromatic heterocycles. The van der Waals surface area contributed by atoms with Crippen LogP contribution in [0, 0.1) is 0 Å². The first-order valence-corrected chi connectivity index (χ1v) is 7.97. The predicted molar refractivity (Wildman–Crippen MR) is 78.2 cm³/mol. The summed E-state index contributed by atoms with van der Waals surface area (Å²) in [5.41, 5.74) is 11.3. The molecule has 2 aromatic rings. The maximum absolute atomic E-state index is 11.6. The van der Waals surface area contributed by atoms with Gasteiger partial charge in [-0.15, -0.1) is 0 Å². The van der Waals surface area contributed by atoms with E-state index in [4.69, 9.17) is 16.2 Å². The molecule has 0 bridgehead atoms. The molecule has 0 saturated carbocycles. The van der Waals surface area contributed by atoms with Gasteiger partial charge in [-0.05, 0) is 5.80 Å². The lowest BCUT2D eigenvalue weighted by Gasteiger charge is -2.14. The smallest absolute Gasteiger partial charge is 0.249 e. The third kappa shape index (κ3) is 2.15. The van der Waals surface area contributed by atoms with Crippen molar-refractivity contribution in [1.29, 1.82) is 0 Å². The van der Waals surface area contributed by atoms with Crippen molar-refractivity contribution in [1.82, 2.24) is 9.97 Å². The number of nitrogen functional groups attached to an aromatic ring is 1. The Labute approximate surface area is 125 Å². The molecule has 1 amide bonds. The highest BCUT2D eigenvalue weighted by Gasteiger charge is 2.44. The molecule has 5 unspecified atom stereocenters. The summed E-state index contributed by atoms with van der Waals surface area (Å²) in [6.07, 6.45) is -2.07. The molecule has 3 rings (SSSR count). The molecule has 118 valence electrons. The number of nitrogens with two attached hydrogens (primary N) is 2. The molecule has 5 atom stereocenters. The lowest BCUT2D eigenvalue weighted by molar-refractivity contribution is -0.0124. The number of fused-ring (bicyclic) bond motifs is 1. The van der Waals surface area contributed by atoms with Crippen LogP contribution in [-0.4, -0.2) is 56.1 Å². The molecule has 1 aliphatic rings. The van der Waals surface area contributed by atoms with Crippen LogP contribution in [0.4, 0.5) is 5.82 Å². The number of anilines is 1. The minimum Gasteiger partial charge on any atom is -0.394 e. The van der Waals surface area contributed by atoms with Crippen molar-refractivity contribution in [3.8, 4) is 0 Å². The Morgan fingerprint density at radius 1 is 1.36 bits per heavy atom. The SMILES string of the molecule is NC(=O)c1cp(C2OC(CO)C(O)C2O)c2ncnc(N)c12. The van der Waals surface area contributed by atoms with Crippen LogP contribution in [0.25, 0.3) is 10.6 Å². The third-order valence-corrected chi connectivity index (χ3v) is 6.04. The van der Waals surface area contributed by atoms with E-state index in [-0.39, 0.29) is 11.4 Å². The van der Waals surface area contributed by atoms with Crippen LogP contribution in [0.3, 0.4) is 0 Å². The van der Waals surface area contributed by atoms with Crippen molar-refractivity contribution >= 4 is 29.9 Å². The Morgan fingerprint density at radius 3 is 2.68 bits per heavy atom. The highest BCUT2D eigenvalue weighted by molar-refractivity contribution is 7.55. The van der Waals surface area contributed by atoms with Crippen LogP contribution in [0.2, 0.25) is 0 Å². The lowest BCUT2D eigenvalue weighted by atomic mass is 10.2. The maximum Gasteiger partial charge on any atom is 0.249 e. The number of carbonyl (C=O) groups is 1. The zero-order valence-electron chi connectivity index (χ0n) is 11.3. The highest BCUT2D eigenvalue weighted by atomic mass is 31.1. The minimum atomic E-state index is -1.39. The highest BCUT2D eigenvalue weighted by Crippen LogP contribution is 2.54. The van der Waals surface area contributed by atoms with Crippen LogP contribution < -0.4 is 11.5 Å². The van der Waals surface area contributed by atoms with Gasteiger partial charge in [0.2, 0.25) is 5.91 Å². The number of aromatic nitrogens is 2. The van der Waals surface area contributed by atoms with Crippen molar-refractivity contribution in [2.24, 2.45) is 5.73 Å². The normalized spacial score (nSPS) is 29.1. The molecule has 7 N–H and O–H groups in total. The number of aliphatic hydroxyl groups is 3. The molecule has 0 spiro atoms. The van der Waals surface area contributed by atoms with Gasteiger partial charge < -0.3 is 31.5 Å². The predicted octanol–water partition coefficient (Wildman–Crippen LogP) is -1.09. The average molecular weight is 326 g/mol. The molecular formula is C12H15N4O5P. The van der Waals surface area contributed by atoms with Crippen molar-refractivity contribution in [3.63, 3.8) is 0 Å². The lowest BCUT2D eigenvalue weighted by Crippen LogP contribution is -2.32. The number of amides is 1. The van der Waals surface area contributed by atoms with Crippen LogP contribution >= 0.6 is 7.53 Å². The molecule has 3 heterocycles. The van der Waals surface area contributed by atoms with Gasteiger partial charge in [0.1, 0.15) is 36.3 Å². The molecule has 22 heavy (non-hydrogen) atoms. The van der Waals surface area contributed by atoms with Gasteiger partial charge in [-0.3, -0.25) is 4.79 Å². The first-order valence-electron chi connectivity index (χ1n) is 6.49. The summed E-state index contributed by atoms with van der Waals surface area (Å²) in [7, 11) is -1.39. The van der Waals surface area contributed by atoms with E-state index in [1.54, 1.807) is 5.80 Å². The van der Waals surface area contributed by atoms with Gasteiger partial charge in [0.25, 0.3) is 0 Å². The molecule has 10 heteroatoms. The van der Waals surface area contributed by atoms with Gasteiger partial charge in [-0.2, -0.15) is 0 Å². The monoisotopic (exact) mass is 326 g/mol. The fourth-order valence-electron chi connectivity index (χ4n) is 2.60. The molecule has 0 radical (unpaired) electrons. The molecule has 0 aliphatic carbocycles. The second-order valence-corrected chi connectivity index (χ2v) is 7.01. The first-order chi connectivity index (χ1) is 10.5. The van der Waals surface area contributed by atoms with Gasteiger partial charge in [0.05, 0.1) is 22.8 Å². The number of ether oxygens (including phenoxy) is 1. The molecule has 9 nitrogen and oxygen atoms in total. The Kier molecular flexibility index (Phi) is 3.75. The summed E-state index contributed by atoms with van der Waals surface area (Å²) in [5.74, 6) is 0.187. The second kappa shape index (κ2) is 5.45. The summed E-state index contributed by atoms with van der Waals surface area (Å²) >= 11 is 0. The Morgan fingerprint density at radius 2 is 2.09 bits per heavy atom. The Balaban J connectivity index is 2.16. The summed E-state index contributed by atoms with van der Waals surface area (Å²) in [5, 5.41) is 30.0. The zero-order chi connectivity index (χ0) is 16.0. The molecular weight excluding hydrogens is 311 g/mol. The van der Waals surface area contributed by atoms with E-state index in [2.05, 4.69) is 9.97 Å². The largest absolute Gasteiger partial charge is 0.394 e. The third-order valence-electron chi connectivity index (χ3n) is 3.70. The van der Waals surface area contributed by atoms with Gasteiger partial charge in [0.15, 0.2) is 0 Å². The number of aliphatic hydroxyl groups excluding tert-OH is 3. The fraction of sp³-hybridized carbons (Fsp3) is 0.417. The van der Waals surface area contributed by atoms with E-state index in [0.29, 0.717) is 10.6 Å². The summed E-state index contributed by atoms with van der Waals surface area (Å²) < 4.78 is 5.52. The molecule has 0 aromatic carbocycles. The van der Waals surface area contributed by atoms with E-state index in [9.17, 15) is 20.1 Å². The Bertz CT molecular complexity index is 736. The molecule has 1 saturated heterocycles. The van der Waals surface area contributed by atoms with E-state index in [1.807, 2.05) is 0 Å². The van der Waals surface area contributed by atoms with Crippen LogP contribution in [0.15, 0.2) is 12.1 Å². The Hall–Kier alpha value is -1.77. The van der Waals surface area contributed by atoms with Crippen molar-refractivity contribution in [3.05, 3.63) is 17.7 Å². The number of hydrogen-bond acceptors (Lipinski definition) is 8. The topological polar surface area (TPSA) is 165 Å². The van der Waals surface area contributed by atoms with Crippen molar-refractivity contribution in [2.75, 3.05) is 12.3 Å². The number of hydrogen-bond donors (Lipinski definition) is 5. The van der Waals surface area contributed by atoms with Gasteiger partial charge >= 0.3 is 0 Å². The van der Waals surface area contributed by atoms with Crippen LogP contribution in [0.1, 0.15) is 16.2 Å². The second-order valence-electron chi connectivity index (χ2n) is 5.00. The van der Waals surface area contributed by atoms with Gasteiger partial charge in [0, 0.05) is 0 Å². The van der Waals surface area contributed by atoms with Gasteiger partial charge in [-0.25, -0.2) is 9.97 Å². The van der Waals surface area contributed by atoms with E-state index in [0.717, 1.165) is 0 Å². The average Bonchev–Trinajstić information content (AvgIpc) is 3.00. The quantitative estimate of drug-likeness (QED) is 0.474. The van der Waals surface area contributed by atoms with E-state index in [1.165, 1.54) is 6.33 Å². The van der Waals surface area contributed by atoms with Crippen molar-refractivity contribution < 1.29 is 24.9 Å². The summed E-state index contributed by atoms with van der Waals surface area (Å²) in [4.78, 5) is 19.6.